The molecule has 3 aromatic heterocycles. The number of anilines is 1. The zero-order chi connectivity index (χ0) is 20.4. The van der Waals surface area contributed by atoms with Gasteiger partial charge in [0.15, 0.2) is 5.65 Å². The lowest BCUT2D eigenvalue weighted by atomic mass is 10.0. The molecule has 0 saturated carbocycles. The first kappa shape index (κ1) is 19.6. The Kier molecular flexibility index (Phi) is 5.64. The number of H-pyrrole nitrogens is 1. The molecular formula is C21H28N6O2. The Labute approximate surface area is 169 Å². The van der Waals surface area contributed by atoms with Crippen molar-refractivity contribution in [2.45, 2.75) is 33.4 Å². The Balaban J connectivity index is 1.48. The molecule has 29 heavy (non-hydrogen) atoms. The van der Waals surface area contributed by atoms with E-state index >= 15 is 0 Å². The summed E-state index contributed by atoms with van der Waals surface area (Å²) >= 11 is 0. The predicted molar refractivity (Wildman–Crippen MR) is 112 cm³/mol. The van der Waals surface area contributed by atoms with Gasteiger partial charge in [0.1, 0.15) is 5.82 Å². The van der Waals surface area contributed by atoms with E-state index in [0.717, 1.165) is 49.1 Å². The summed E-state index contributed by atoms with van der Waals surface area (Å²) in [7, 11) is 0. The van der Waals surface area contributed by atoms with Gasteiger partial charge in [0.2, 0.25) is 0 Å². The van der Waals surface area contributed by atoms with Gasteiger partial charge in [-0.2, -0.15) is 0 Å². The first-order valence-electron chi connectivity index (χ1n) is 10.1. The first-order chi connectivity index (χ1) is 14.0. The molecule has 4 rings (SSSR count). The normalized spacial score (nSPS) is 15.9. The number of aryl methyl sites for hydroxylation is 1. The van der Waals surface area contributed by atoms with Crippen LogP contribution in [0.25, 0.3) is 5.65 Å². The second kappa shape index (κ2) is 8.34. The Hall–Kier alpha value is -2.71. The molecule has 1 fully saturated rings. The Morgan fingerprint density at radius 3 is 2.72 bits per heavy atom. The molecule has 0 radical (unpaired) electrons. The van der Waals surface area contributed by atoms with E-state index in [4.69, 9.17) is 9.72 Å². The standard InChI is InChI=1S/C21H28N6O2/c1-14(2)21(17-11-20(28)27-19(24-17)10-15(3)25-27)23-13-16-4-5-18(22-12-16)26-6-8-29-9-7-26/h4-5,10-12,14,21,23,25H,6-9,13H2,1-3H3/t21-/m0/s1. The zero-order valence-electron chi connectivity index (χ0n) is 17.2. The average molecular weight is 396 g/mol. The van der Waals surface area contributed by atoms with E-state index in [-0.39, 0.29) is 17.5 Å². The van der Waals surface area contributed by atoms with Crippen LogP contribution < -0.4 is 15.8 Å². The lowest BCUT2D eigenvalue weighted by Crippen LogP contribution is -2.36. The minimum Gasteiger partial charge on any atom is -0.378 e. The molecule has 0 bridgehead atoms. The van der Waals surface area contributed by atoms with Crippen LogP contribution in [0.4, 0.5) is 5.82 Å². The van der Waals surface area contributed by atoms with E-state index in [1.165, 1.54) is 4.52 Å². The SMILES string of the molecule is Cc1cc2nc([C@@H](NCc3ccc(N4CCOCC4)nc3)C(C)C)cc(=O)n2[nH]1. The maximum absolute atomic E-state index is 12.4. The molecule has 0 amide bonds. The summed E-state index contributed by atoms with van der Waals surface area (Å²) in [6, 6.07) is 7.63. The van der Waals surface area contributed by atoms with E-state index < -0.39 is 0 Å². The summed E-state index contributed by atoms with van der Waals surface area (Å²) < 4.78 is 6.88. The molecule has 4 heterocycles. The molecule has 0 spiro atoms. The molecule has 0 aliphatic carbocycles. The van der Waals surface area contributed by atoms with E-state index in [1.54, 1.807) is 6.07 Å². The van der Waals surface area contributed by atoms with Gasteiger partial charge in [-0.25, -0.2) is 14.5 Å². The smallest absolute Gasteiger partial charge is 0.272 e. The summed E-state index contributed by atoms with van der Waals surface area (Å²) in [5.41, 5.74) is 3.33. The van der Waals surface area contributed by atoms with Gasteiger partial charge in [0.05, 0.1) is 24.9 Å². The molecule has 1 atom stereocenters. The number of fused-ring (bicyclic) bond motifs is 1. The fraction of sp³-hybridized carbons (Fsp3) is 0.476. The maximum Gasteiger partial charge on any atom is 0.272 e. The summed E-state index contributed by atoms with van der Waals surface area (Å²) in [4.78, 5) is 24.0. The third kappa shape index (κ3) is 4.33. The highest BCUT2D eigenvalue weighted by Crippen LogP contribution is 2.21. The summed E-state index contributed by atoms with van der Waals surface area (Å²) in [6.07, 6.45) is 1.91. The van der Waals surface area contributed by atoms with Crippen molar-refractivity contribution in [2.24, 2.45) is 5.92 Å². The molecule has 2 N–H and O–H groups in total. The molecule has 1 aliphatic heterocycles. The van der Waals surface area contributed by atoms with Crippen LogP contribution in [0.3, 0.4) is 0 Å². The van der Waals surface area contributed by atoms with Crippen LogP contribution in [0.5, 0.6) is 0 Å². The van der Waals surface area contributed by atoms with Crippen molar-refractivity contribution in [3.63, 3.8) is 0 Å². The van der Waals surface area contributed by atoms with Crippen molar-refractivity contribution < 1.29 is 4.74 Å². The molecule has 1 aliphatic rings. The minimum absolute atomic E-state index is 0.0261. The van der Waals surface area contributed by atoms with Crippen molar-refractivity contribution in [2.75, 3.05) is 31.2 Å². The summed E-state index contributed by atoms with van der Waals surface area (Å²) in [5, 5.41) is 6.57. The average Bonchev–Trinajstić information content (AvgIpc) is 3.10. The topological polar surface area (TPSA) is 87.5 Å². The number of ether oxygens (including phenoxy) is 1. The van der Waals surface area contributed by atoms with Crippen molar-refractivity contribution in [3.8, 4) is 0 Å². The first-order valence-corrected chi connectivity index (χ1v) is 10.1. The van der Waals surface area contributed by atoms with Crippen LogP contribution in [-0.4, -0.2) is 45.9 Å². The van der Waals surface area contributed by atoms with Crippen molar-refractivity contribution in [1.29, 1.82) is 0 Å². The number of hydrogen-bond acceptors (Lipinski definition) is 6. The fourth-order valence-electron chi connectivity index (χ4n) is 3.70. The van der Waals surface area contributed by atoms with Crippen molar-refractivity contribution >= 4 is 11.5 Å². The number of aromatic amines is 1. The second-order valence-corrected chi connectivity index (χ2v) is 7.88. The van der Waals surface area contributed by atoms with Gasteiger partial charge in [-0.15, -0.1) is 0 Å². The van der Waals surface area contributed by atoms with Crippen LogP contribution in [0.1, 0.15) is 36.8 Å². The lowest BCUT2D eigenvalue weighted by molar-refractivity contribution is 0.122. The molecule has 8 nitrogen and oxygen atoms in total. The maximum atomic E-state index is 12.4. The fourth-order valence-corrected chi connectivity index (χ4v) is 3.70. The van der Waals surface area contributed by atoms with Gasteiger partial charge in [-0.3, -0.25) is 9.89 Å². The van der Waals surface area contributed by atoms with Gasteiger partial charge < -0.3 is 15.0 Å². The summed E-state index contributed by atoms with van der Waals surface area (Å²) in [6.45, 7) is 10.1. The Bertz CT molecular complexity index is 1020. The minimum atomic E-state index is -0.0953. The third-order valence-corrected chi connectivity index (χ3v) is 5.25. The highest BCUT2D eigenvalue weighted by molar-refractivity contribution is 5.40. The third-order valence-electron chi connectivity index (χ3n) is 5.25. The predicted octanol–water partition coefficient (Wildman–Crippen LogP) is 2.05. The van der Waals surface area contributed by atoms with Crippen LogP contribution in [0.15, 0.2) is 35.3 Å². The van der Waals surface area contributed by atoms with Crippen LogP contribution in [-0.2, 0) is 11.3 Å². The van der Waals surface area contributed by atoms with Crippen LogP contribution in [0, 0.1) is 12.8 Å². The van der Waals surface area contributed by atoms with E-state index in [1.807, 2.05) is 19.2 Å². The number of nitrogens with one attached hydrogen (secondary N) is 2. The quantitative estimate of drug-likeness (QED) is 0.663. The number of aromatic nitrogens is 4. The summed E-state index contributed by atoms with van der Waals surface area (Å²) in [5.74, 6) is 1.27. The van der Waals surface area contributed by atoms with Gasteiger partial charge in [-0.1, -0.05) is 19.9 Å². The Morgan fingerprint density at radius 1 is 1.24 bits per heavy atom. The lowest BCUT2D eigenvalue weighted by Gasteiger charge is -2.28. The molecule has 0 aromatic carbocycles. The molecule has 8 heteroatoms. The molecule has 0 unspecified atom stereocenters. The number of morpholine rings is 1. The monoisotopic (exact) mass is 396 g/mol. The van der Waals surface area contributed by atoms with Crippen LogP contribution in [0.2, 0.25) is 0 Å². The molecule has 1 saturated heterocycles. The highest BCUT2D eigenvalue weighted by Gasteiger charge is 2.19. The van der Waals surface area contributed by atoms with Gasteiger partial charge >= 0.3 is 0 Å². The Morgan fingerprint density at radius 2 is 2.03 bits per heavy atom. The second-order valence-electron chi connectivity index (χ2n) is 7.88. The van der Waals surface area contributed by atoms with E-state index in [0.29, 0.717) is 12.2 Å². The highest BCUT2D eigenvalue weighted by atomic mass is 16.5. The number of nitrogens with zero attached hydrogens (tertiary/aromatic N) is 4. The molecule has 154 valence electrons. The van der Waals surface area contributed by atoms with Crippen molar-refractivity contribution in [1.82, 2.24) is 24.9 Å². The molecule has 3 aromatic rings. The number of pyridine rings is 1. The largest absolute Gasteiger partial charge is 0.378 e. The van der Waals surface area contributed by atoms with Gasteiger partial charge in [-0.05, 0) is 24.5 Å². The molecular weight excluding hydrogens is 368 g/mol. The van der Waals surface area contributed by atoms with Gasteiger partial charge in [0.25, 0.3) is 5.56 Å². The number of hydrogen-bond donors (Lipinski definition) is 2. The van der Waals surface area contributed by atoms with Crippen LogP contribution >= 0.6 is 0 Å². The van der Waals surface area contributed by atoms with E-state index in [9.17, 15) is 4.79 Å². The zero-order valence-corrected chi connectivity index (χ0v) is 17.2. The van der Waals surface area contributed by atoms with Crippen molar-refractivity contribution in [3.05, 3.63) is 57.8 Å². The number of rotatable bonds is 6. The van der Waals surface area contributed by atoms with Gasteiger partial charge in [0, 0.05) is 43.7 Å². The van der Waals surface area contributed by atoms with E-state index in [2.05, 4.69) is 46.3 Å².